The molecule has 1 aromatic carbocycles. The first-order valence-corrected chi connectivity index (χ1v) is 9.10. The van der Waals surface area contributed by atoms with Crippen molar-refractivity contribution in [2.45, 2.75) is 44.9 Å². The highest BCUT2D eigenvalue weighted by Gasteiger charge is 2.50. The minimum absolute atomic E-state index is 0.0257. The largest absolute Gasteiger partial charge is 0.355 e. The van der Waals surface area contributed by atoms with Gasteiger partial charge in [-0.05, 0) is 73.8 Å². The first-order valence-electron chi connectivity index (χ1n) is 8.73. The highest BCUT2D eigenvalue weighted by atomic mass is 35.5. The van der Waals surface area contributed by atoms with Gasteiger partial charge >= 0.3 is 0 Å². The Kier molecular flexibility index (Phi) is 3.87. The van der Waals surface area contributed by atoms with Gasteiger partial charge in [0.1, 0.15) is 5.82 Å². The fourth-order valence-corrected chi connectivity index (χ4v) is 5.95. The molecule has 2 nitrogen and oxygen atoms in total. The van der Waals surface area contributed by atoms with E-state index >= 15 is 0 Å². The molecule has 4 bridgehead atoms. The van der Waals surface area contributed by atoms with E-state index in [1.165, 1.54) is 44.6 Å². The third kappa shape index (κ3) is 3.00. The van der Waals surface area contributed by atoms with Gasteiger partial charge in [-0.1, -0.05) is 17.7 Å². The first kappa shape index (κ1) is 15.4. The van der Waals surface area contributed by atoms with Crippen LogP contribution in [0.4, 0.5) is 4.39 Å². The highest BCUT2D eigenvalue weighted by Crippen LogP contribution is 2.59. The molecule has 1 aromatic rings. The van der Waals surface area contributed by atoms with Gasteiger partial charge in [-0.3, -0.25) is 4.79 Å². The van der Waals surface area contributed by atoms with Crippen LogP contribution < -0.4 is 5.32 Å². The Labute approximate surface area is 141 Å². The van der Waals surface area contributed by atoms with Crippen LogP contribution in [0.3, 0.4) is 0 Å². The minimum atomic E-state index is -0.401. The SMILES string of the molecule is O=C(Cc1c(F)cccc1Cl)NCC12CC3CC(CC(C3)C1)C2. The molecular formula is C19H23ClFNO. The van der Waals surface area contributed by atoms with Crippen molar-refractivity contribution < 1.29 is 9.18 Å². The molecule has 0 aromatic heterocycles. The Bertz CT molecular complexity index is 574. The van der Waals surface area contributed by atoms with Crippen LogP contribution in [-0.2, 0) is 11.2 Å². The van der Waals surface area contributed by atoms with E-state index in [0.717, 1.165) is 24.3 Å². The van der Waals surface area contributed by atoms with Gasteiger partial charge in [-0.25, -0.2) is 4.39 Å². The van der Waals surface area contributed by atoms with Gasteiger partial charge in [0.25, 0.3) is 0 Å². The lowest BCUT2D eigenvalue weighted by atomic mass is 9.49. The van der Waals surface area contributed by atoms with E-state index in [9.17, 15) is 9.18 Å². The average molecular weight is 336 g/mol. The third-order valence-corrected chi connectivity index (χ3v) is 6.58. The van der Waals surface area contributed by atoms with Crippen molar-refractivity contribution in [2.24, 2.45) is 23.2 Å². The second-order valence-electron chi connectivity index (χ2n) is 8.07. The molecule has 4 aliphatic carbocycles. The van der Waals surface area contributed by atoms with Crippen molar-refractivity contribution in [3.8, 4) is 0 Å². The van der Waals surface area contributed by atoms with Crippen LogP contribution in [0.15, 0.2) is 18.2 Å². The lowest BCUT2D eigenvalue weighted by molar-refractivity contribution is -0.122. The van der Waals surface area contributed by atoms with Crippen LogP contribution in [0.25, 0.3) is 0 Å². The lowest BCUT2D eigenvalue weighted by Crippen LogP contribution is -2.51. The van der Waals surface area contributed by atoms with Crippen LogP contribution in [0.2, 0.25) is 5.02 Å². The molecule has 0 saturated heterocycles. The van der Waals surface area contributed by atoms with Crippen LogP contribution in [-0.4, -0.2) is 12.5 Å². The quantitative estimate of drug-likeness (QED) is 0.870. The summed E-state index contributed by atoms with van der Waals surface area (Å²) in [5.74, 6) is 2.10. The molecule has 4 heteroatoms. The van der Waals surface area contributed by atoms with Gasteiger partial charge < -0.3 is 5.32 Å². The minimum Gasteiger partial charge on any atom is -0.355 e. The summed E-state index contributed by atoms with van der Waals surface area (Å²) >= 11 is 6.01. The van der Waals surface area contributed by atoms with Gasteiger partial charge in [0, 0.05) is 17.1 Å². The van der Waals surface area contributed by atoms with E-state index in [2.05, 4.69) is 5.32 Å². The van der Waals surface area contributed by atoms with Crippen LogP contribution in [0.1, 0.15) is 44.1 Å². The van der Waals surface area contributed by atoms with E-state index in [1.807, 2.05) is 0 Å². The van der Waals surface area contributed by atoms with Gasteiger partial charge in [-0.2, -0.15) is 0 Å². The second kappa shape index (κ2) is 5.77. The number of nitrogens with one attached hydrogen (secondary N) is 1. The number of hydrogen-bond acceptors (Lipinski definition) is 1. The average Bonchev–Trinajstić information content (AvgIpc) is 2.48. The zero-order valence-electron chi connectivity index (χ0n) is 13.3. The Balaban J connectivity index is 1.39. The molecule has 124 valence electrons. The number of halogens is 2. The monoisotopic (exact) mass is 335 g/mol. The Morgan fingerprint density at radius 3 is 2.35 bits per heavy atom. The summed E-state index contributed by atoms with van der Waals surface area (Å²) in [6, 6.07) is 4.55. The van der Waals surface area contributed by atoms with Crippen molar-refractivity contribution in [1.29, 1.82) is 0 Å². The van der Waals surface area contributed by atoms with Crippen LogP contribution in [0.5, 0.6) is 0 Å². The van der Waals surface area contributed by atoms with E-state index in [-0.39, 0.29) is 12.3 Å². The summed E-state index contributed by atoms with van der Waals surface area (Å²) in [7, 11) is 0. The molecule has 0 radical (unpaired) electrons. The fourth-order valence-electron chi connectivity index (χ4n) is 5.72. The van der Waals surface area contributed by atoms with E-state index in [0.29, 0.717) is 16.0 Å². The third-order valence-electron chi connectivity index (χ3n) is 6.22. The molecule has 0 unspecified atom stereocenters. The standard InChI is InChI=1S/C19H23ClFNO/c20-16-2-1-3-17(21)15(16)7-18(23)22-11-19-8-12-4-13(9-19)6-14(5-12)10-19/h1-3,12-14H,4-11H2,(H,22,23). The van der Waals surface area contributed by atoms with Gasteiger partial charge in [0.15, 0.2) is 0 Å². The predicted molar refractivity (Wildman–Crippen MR) is 88.7 cm³/mol. The first-order chi connectivity index (χ1) is 11.0. The molecule has 4 aliphatic rings. The summed E-state index contributed by atoms with van der Waals surface area (Å²) in [6.07, 6.45) is 8.02. The molecule has 0 aliphatic heterocycles. The lowest BCUT2D eigenvalue weighted by Gasteiger charge is -2.56. The summed E-state index contributed by atoms with van der Waals surface area (Å²) in [6.45, 7) is 0.751. The van der Waals surface area contributed by atoms with Crippen LogP contribution in [0, 0.1) is 29.0 Å². The Morgan fingerprint density at radius 2 is 1.78 bits per heavy atom. The zero-order valence-corrected chi connectivity index (χ0v) is 14.0. The van der Waals surface area contributed by atoms with Crippen molar-refractivity contribution in [2.75, 3.05) is 6.54 Å². The molecule has 5 rings (SSSR count). The normalized spacial score (nSPS) is 34.6. The summed E-state index contributed by atoms with van der Waals surface area (Å²) in [5, 5.41) is 3.41. The maximum atomic E-state index is 13.8. The zero-order chi connectivity index (χ0) is 16.0. The van der Waals surface area contributed by atoms with Gasteiger partial charge in [0.05, 0.1) is 6.42 Å². The molecule has 0 spiro atoms. The number of carbonyl (C=O) groups excluding carboxylic acids is 1. The highest BCUT2D eigenvalue weighted by molar-refractivity contribution is 6.31. The van der Waals surface area contributed by atoms with Crippen molar-refractivity contribution in [3.05, 3.63) is 34.6 Å². The van der Waals surface area contributed by atoms with E-state index < -0.39 is 5.82 Å². The molecule has 0 heterocycles. The molecule has 0 atom stereocenters. The molecular weight excluding hydrogens is 313 g/mol. The summed E-state index contributed by atoms with van der Waals surface area (Å²) in [4.78, 5) is 12.3. The maximum absolute atomic E-state index is 13.8. The fraction of sp³-hybridized carbons (Fsp3) is 0.632. The molecule has 1 N–H and O–H groups in total. The number of carbonyl (C=O) groups is 1. The summed E-state index contributed by atoms with van der Waals surface area (Å²) < 4.78 is 13.8. The number of benzene rings is 1. The van der Waals surface area contributed by atoms with Gasteiger partial charge in [-0.15, -0.1) is 0 Å². The van der Waals surface area contributed by atoms with E-state index in [4.69, 9.17) is 11.6 Å². The molecule has 4 saturated carbocycles. The van der Waals surface area contributed by atoms with E-state index in [1.54, 1.807) is 12.1 Å². The van der Waals surface area contributed by atoms with Crippen molar-refractivity contribution in [1.82, 2.24) is 5.32 Å². The van der Waals surface area contributed by atoms with Gasteiger partial charge in [0.2, 0.25) is 5.91 Å². The Morgan fingerprint density at radius 1 is 1.17 bits per heavy atom. The molecule has 1 amide bonds. The van der Waals surface area contributed by atoms with Crippen molar-refractivity contribution >= 4 is 17.5 Å². The smallest absolute Gasteiger partial charge is 0.224 e. The number of amides is 1. The molecule has 4 fully saturated rings. The summed E-state index contributed by atoms with van der Waals surface area (Å²) in [5.41, 5.74) is 0.612. The van der Waals surface area contributed by atoms with Crippen LogP contribution >= 0.6 is 11.6 Å². The predicted octanol–water partition coefficient (Wildman–Crippen LogP) is 4.35. The Hall–Kier alpha value is -1.09. The molecule has 23 heavy (non-hydrogen) atoms. The number of hydrogen-bond donors (Lipinski definition) is 1. The van der Waals surface area contributed by atoms with Crippen molar-refractivity contribution in [3.63, 3.8) is 0 Å². The topological polar surface area (TPSA) is 29.1 Å². The number of rotatable bonds is 4. The maximum Gasteiger partial charge on any atom is 0.224 e. The second-order valence-corrected chi connectivity index (χ2v) is 8.48.